The lowest BCUT2D eigenvalue weighted by Crippen LogP contribution is -2.32. The number of nitrogens with zero attached hydrogens (tertiary/aromatic N) is 1. The van der Waals surface area contributed by atoms with Crippen LogP contribution in [-0.2, 0) is 14.8 Å². The van der Waals surface area contributed by atoms with Gasteiger partial charge in [-0.1, -0.05) is 0 Å². The lowest BCUT2D eigenvalue weighted by atomic mass is 9.95. The first-order valence-corrected chi connectivity index (χ1v) is 9.88. The van der Waals surface area contributed by atoms with Crippen LogP contribution in [0, 0.1) is 5.41 Å². The monoisotopic (exact) mass is 388 g/mol. The lowest BCUT2D eigenvalue weighted by molar-refractivity contribution is -0.123. The van der Waals surface area contributed by atoms with Crippen LogP contribution >= 0.6 is 0 Å². The molecule has 3 rings (SSSR count). The van der Waals surface area contributed by atoms with Crippen LogP contribution in [0.15, 0.2) is 48.5 Å². The number of carbonyl (C=O) groups is 2. The molecule has 0 aromatic heterocycles. The summed E-state index contributed by atoms with van der Waals surface area (Å²) in [5.74, 6) is -0.379. The predicted molar refractivity (Wildman–Crippen MR) is 102 cm³/mol. The number of methoxy groups -OCH3 is 1. The zero-order valence-corrected chi connectivity index (χ0v) is 16.0. The molecule has 1 heterocycles. The normalized spacial score (nSPS) is 17.6. The molecule has 0 atom stereocenters. The summed E-state index contributed by atoms with van der Waals surface area (Å²) in [4.78, 5) is 24.8. The van der Waals surface area contributed by atoms with E-state index in [9.17, 15) is 18.0 Å². The molecular formula is C19H20N2O5S. The van der Waals surface area contributed by atoms with E-state index < -0.39 is 21.3 Å². The number of rotatable bonds is 4. The summed E-state index contributed by atoms with van der Waals surface area (Å²) in [6.45, 7) is 3.20. The van der Waals surface area contributed by atoms with Crippen LogP contribution in [0.4, 0.5) is 11.4 Å². The Hall–Kier alpha value is -2.87. The van der Waals surface area contributed by atoms with E-state index in [-0.39, 0.29) is 17.3 Å². The second-order valence-corrected chi connectivity index (χ2v) is 8.76. The maximum Gasteiger partial charge on any atom is 0.255 e. The van der Waals surface area contributed by atoms with Gasteiger partial charge in [0.15, 0.2) is 0 Å². The molecule has 0 radical (unpaired) electrons. The molecule has 2 aromatic carbocycles. The number of benzene rings is 2. The highest BCUT2D eigenvalue weighted by molar-refractivity contribution is 7.94. The topological polar surface area (TPSA) is 92.8 Å². The quantitative estimate of drug-likeness (QED) is 0.869. The van der Waals surface area contributed by atoms with Gasteiger partial charge in [0.25, 0.3) is 5.91 Å². The number of carbonyl (C=O) groups excluding carboxylic acids is 2. The van der Waals surface area contributed by atoms with Crippen LogP contribution in [0.5, 0.6) is 5.75 Å². The van der Waals surface area contributed by atoms with E-state index in [2.05, 4.69) is 5.32 Å². The summed E-state index contributed by atoms with van der Waals surface area (Å²) in [5, 5.41) is 2.74. The molecule has 0 unspecified atom stereocenters. The number of anilines is 2. The van der Waals surface area contributed by atoms with Gasteiger partial charge in [-0.15, -0.1) is 0 Å². The predicted octanol–water partition coefficient (Wildman–Crippen LogP) is 2.65. The van der Waals surface area contributed by atoms with Crippen molar-refractivity contribution >= 4 is 33.2 Å². The summed E-state index contributed by atoms with van der Waals surface area (Å²) >= 11 is 0. The van der Waals surface area contributed by atoms with Crippen molar-refractivity contribution < 1.29 is 22.7 Å². The minimum atomic E-state index is -3.71. The Morgan fingerprint density at radius 2 is 1.67 bits per heavy atom. The third-order valence-corrected chi connectivity index (χ3v) is 6.32. The highest BCUT2D eigenvalue weighted by Gasteiger charge is 2.49. The van der Waals surface area contributed by atoms with Crippen LogP contribution < -0.4 is 14.4 Å². The van der Waals surface area contributed by atoms with Crippen molar-refractivity contribution in [1.82, 2.24) is 0 Å². The third kappa shape index (κ3) is 3.66. The molecule has 2 aromatic rings. The number of amides is 2. The van der Waals surface area contributed by atoms with Gasteiger partial charge in [-0.25, -0.2) is 12.7 Å². The SMILES string of the molecule is COc1ccc(NC(=O)c2ccc(N3C(=O)C(C)(C)CS3(=O)=O)cc2)cc1. The van der Waals surface area contributed by atoms with Crippen molar-refractivity contribution in [2.24, 2.45) is 5.41 Å². The molecule has 0 spiro atoms. The van der Waals surface area contributed by atoms with Gasteiger partial charge in [0.05, 0.1) is 24.0 Å². The smallest absolute Gasteiger partial charge is 0.255 e. The molecule has 1 fully saturated rings. The lowest BCUT2D eigenvalue weighted by Gasteiger charge is -2.17. The molecule has 142 valence electrons. The second kappa shape index (κ2) is 6.70. The van der Waals surface area contributed by atoms with Crippen molar-refractivity contribution in [2.45, 2.75) is 13.8 Å². The van der Waals surface area contributed by atoms with E-state index in [1.165, 1.54) is 24.3 Å². The van der Waals surface area contributed by atoms with E-state index in [1.807, 2.05) is 0 Å². The van der Waals surface area contributed by atoms with E-state index in [0.29, 0.717) is 17.0 Å². The number of nitrogens with one attached hydrogen (secondary N) is 1. The van der Waals surface area contributed by atoms with Crippen LogP contribution in [0.3, 0.4) is 0 Å². The van der Waals surface area contributed by atoms with Gasteiger partial charge in [0, 0.05) is 11.3 Å². The first-order valence-electron chi connectivity index (χ1n) is 8.27. The first kappa shape index (κ1) is 18.9. The first-order chi connectivity index (χ1) is 12.6. The average Bonchev–Trinajstić information content (AvgIpc) is 2.78. The highest BCUT2D eigenvalue weighted by atomic mass is 32.2. The minimum Gasteiger partial charge on any atom is -0.497 e. The zero-order chi connectivity index (χ0) is 19.8. The van der Waals surface area contributed by atoms with Crippen molar-refractivity contribution in [1.29, 1.82) is 0 Å². The van der Waals surface area contributed by atoms with E-state index in [1.54, 1.807) is 45.2 Å². The zero-order valence-electron chi connectivity index (χ0n) is 15.2. The average molecular weight is 388 g/mol. The van der Waals surface area contributed by atoms with Crippen LogP contribution in [0.1, 0.15) is 24.2 Å². The molecule has 0 bridgehead atoms. The molecule has 1 saturated heterocycles. The standard InChI is InChI=1S/C19H20N2O5S/c1-19(2)12-27(24,25)21(18(19)23)15-8-4-13(5-9-15)17(22)20-14-6-10-16(26-3)11-7-14/h4-11H,12H2,1-3H3,(H,20,22). The Labute approximate surface area is 158 Å². The number of hydrogen-bond acceptors (Lipinski definition) is 5. The molecule has 1 aliphatic rings. The fraction of sp³-hybridized carbons (Fsp3) is 0.263. The Bertz CT molecular complexity index is 980. The van der Waals surface area contributed by atoms with E-state index in [0.717, 1.165) is 4.31 Å². The molecule has 1 N–H and O–H groups in total. The largest absolute Gasteiger partial charge is 0.497 e. The van der Waals surface area contributed by atoms with E-state index in [4.69, 9.17) is 4.74 Å². The number of hydrogen-bond donors (Lipinski definition) is 1. The molecule has 8 heteroatoms. The minimum absolute atomic E-state index is 0.228. The van der Waals surface area contributed by atoms with Gasteiger partial charge in [0.1, 0.15) is 5.75 Å². The molecule has 0 aliphatic carbocycles. The van der Waals surface area contributed by atoms with Gasteiger partial charge in [0.2, 0.25) is 15.9 Å². The maximum absolute atomic E-state index is 12.4. The number of sulfonamides is 1. The summed E-state index contributed by atoms with van der Waals surface area (Å²) < 4.78 is 30.5. The Kier molecular flexibility index (Phi) is 4.69. The number of ether oxygens (including phenoxy) is 1. The summed E-state index contributed by atoms with van der Waals surface area (Å²) in [7, 11) is -2.16. The highest BCUT2D eigenvalue weighted by Crippen LogP contribution is 2.35. The van der Waals surface area contributed by atoms with Crippen molar-refractivity contribution in [2.75, 3.05) is 22.5 Å². The second-order valence-electron chi connectivity index (χ2n) is 6.94. The molecule has 2 amide bonds. The fourth-order valence-corrected chi connectivity index (χ4v) is 4.99. The summed E-state index contributed by atoms with van der Waals surface area (Å²) in [5.41, 5.74) is 0.205. The van der Waals surface area contributed by atoms with Crippen molar-refractivity contribution in [3.05, 3.63) is 54.1 Å². The van der Waals surface area contributed by atoms with Gasteiger partial charge in [-0.3, -0.25) is 9.59 Å². The van der Waals surface area contributed by atoms with E-state index >= 15 is 0 Å². The Morgan fingerprint density at radius 3 is 2.15 bits per heavy atom. The Balaban J connectivity index is 1.78. The maximum atomic E-state index is 12.4. The molecule has 7 nitrogen and oxygen atoms in total. The van der Waals surface area contributed by atoms with Gasteiger partial charge in [-0.2, -0.15) is 0 Å². The molecule has 1 aliphatic heterocycles. The summed E-state index contributed by atoms with van der Waals surface area (Å²) in [6, 6.07) is 12.8. The van der Waals surface area contributed by atoms with Crippen molar-refractivity contribution in [3.8, 4) is 5.75 Å². The molecule has 0 saturated carbocycles. The fourth-order valence-electron chi connectivity index (χ4n) is 2.89. The van der Waals surface area contributed by atoms with Crippen LogP contribution in [0.2, 0.25) is 0 Å². The van der Waals surface area contributed by atoms with Crippen molar-refractivity contribution in [3.63, 3.8) is 0 Å². The third-order valence-electron chi connectivity index (χ3n) is 4.30. The van der Waals surface area contributed by atoms with Gasteiger partial charge >= 0.3 is 0 Å². The van der Waals surface area contributed by atoms with Gasteiger partial charge < -0.3 is 10.1 Å². The van der Waals surface area contributed by atoms with Crippen LogP contribution in [-0.4, -0.2) is 33.1 Å². The van der Waals surface area contributed by atoms with Crippen LogP contribution in [0.25, 0.3) is 0 Å². The Morgan fingerprint density at radius 1 is 1.07 bits per heavy atom. The summed E-state index contributed by atoms with van der Waals surface area (Å²) in [6.07, 6.45) is 0. The molecule has 27 heavy (non-hydrogen) atoms. The molecular weight excluding hydrogens is 368 g/mol. The van der Waals surface area contributed by atoms with Gasteiger partial charge in [-0.05, 0) is 62.4 Å².